The van der Waals surface area contributed by atoms with Gasteiger partial charge in [-0.3, -0.25) is 14.9 Å². The van der Waals surface area contributed by atoms with E-state index in [2.05, 4.69) is 4.98 Å². The van der Waals surface area contributed by atoms with Gasteiger partial charge in [0, 0.05) is 12.3 Å². The number of rotatable bonds is 2. The molecular weight excluding hydrogens is 253 g/mol. The summed E-state index contributed by atoms with van der Waals surface area (Å²) >= 11 is 0. The highest BCUT2D eigenvalue weighted by Gasteiger charge is 2.41. The predicted molar refractivity (Wildman–Crippen MR) is 55.3 cm³/mol. The third-order valence-electron chi connectivity index (χ3n) is 2.38. The maximum atomic E-state index is 12.3. The first kappa shape index (κ1) is 12.1. The highest BCUT2D eigenvalue weighted by atomic mass is 19.4. The standard InChI is InChI=1S/C10H5F3N2O3/c11-10(12,13)9(16)5-4-14-6-2-1-3-7(8(5)6)15(17)18/h1-4,14H. The number of H-pyrrole nitrogens is 1. The van der Waals surface area contributed by atoms with Gasteiger partial charge in [-0.15, -0.1) is 0 Å². The van der Waals surface area contributed by atoms with Crippen molar-refractivity contribution < 1.29 is 22.9 Å². The van der Waals surface area contributed by atoms with E-state index in [1.165, 1.54) is 12.1 Å². The Hall–Kier alpha value is -2.38. The van der Waals surface area contributed by atoms with Gasteiger partial charge in [-0.1, -0.05) is 6.07 Å². The number of hydrogen-bond donors (Lipinski definition) is 1. The van der Waals surface area contributed by atoms with Crippen molar-refractivity contribution in [2.45, 2.75) is 6.18 Å². The van der Waals surface area contributed by atoms with Crippen LogP contribution < -0.4 is 0 Å². The molecular formula is C10H5F3N2O3. The highest BCUT2D eigenvalue weighted by molar-refractivity contribution is 6.13. The Morgan fingerprint density at radius 2 is 2.00 bits per heavy atom. The minimum Gasteiger partial charge on any atom is -0.360 e. The lowest BCUT2D eigenvalue weighted by molar-refractivity contribution is -0.383. The second-order valence-electron chi connectivity index (χ2n) is 3.49. The molecule has 1 N–H and O–H groups in total. The lowest BCUT2D eigenvalue weighted by atomic mass is 10.1. The summed E-state index contributed by atoms with van der Waals surface area (Å²) < 4.78 is 37.0. The lowest BCUT2D eigenvalue weighted by Crippen LogP contribution is -2.22. The minimum absolute atomic E-state index is 0.108. The number of benzene rings is 1. The summed E-state index contributed by atoms with van der Waals surface area (Å²) in [5, 5.41) is 10.4. The number of fused-ring (bicyclic) bond motifs is 1. The molecule has 0 radical (unpaired) electrons. The summed E-state index contributed by atoms with van der Waals surface area (Å²) in [6.45, 7) is 0. The van der Waals surface area contributed by atoms with Crippen LogP contribution in [0, 0.1) is 10.1 Å². The fourth-order valence-corrected chi connectivity index (χ4v) is 1.65. The summed E-state index contributed by atoms with van der Waals surface area (Å²) in [4.78, 5) is 23.5. The Morgan fingerprint density at radius 1 is 1.33 bits per heavy atom. The normalized spacial score (nSPS) is 11.7. The largest absolute Gasteiger partial charge is 0.454 e. The lowest BCUT2D eigenvalue weighted by Gasteiger charge is -2.03. The number of nitrogens with zero attached hydrogens (tertiary/aromatic N) is 1. The fraction of sp³-hybridized carbons (Fsp3) is 0.100. The summed E-state index contributed by atoms with van der Waals surface area (Å²) in [6, 6.07) is 3.72. The number of nitro groups is 1. The number of alkyl halides is 3. The van der Waals surface area contributed by atoms with Crippen LogP contribution in [0.25, 0.3) is 10.9 Å². The zero-order valence-electron chi connectivity index (χ0n) is 8.62. The van der Waals surface area contributed by atoms with Gasteiger partial charge in [0.15, 0.2) is 0 Å². The number of halogens is 3. The van der Waals surface area contributed by atoms with Crippen molar-refractivity contribution in [3.05, 3.63) is 40.1 Å². The number of carbonyl (C=O) groups is 1. The molecule has 0 amide bonds. The van der Waals surface area contributed by atoms with Crippen molar-refractivity contribution >= 4 is 22.4 Å². The van der Waals surface area contributed by atoms with E-state index >= 15 is 0 Å². The number of aromatic nitrogens is 1. The van der Waals surface area contributed by atoms with Crippen LogP contribution in [0.4, 0.5) is 18.9 Å². The van der Waals surface area contributed by atoms with E-state index in [4.69, 9.17) is 0 Å². The second-order valence-corrected chi connectivity index (χ2v) is 3.49. The molecule has 0 aliphatic heterocycles. The SMILES string of the molecule is O=C(c1c[nH]c2cccc([N+](=O)[O-])c12)C(F)(F)F. The molecule has 0 bridgehead atoms. The van der Waals surface area contributed by atoms with Crippen molar-refractivity contribution in [2.75, 3.05) is 0 Å². The van der Waals surface area contributed by atoms with Gasteiger partial charge >= 0.3 is 6.18 Å². The third-order valence-corrected chi connectivity index (χ3v) is 2.38. The first-order valence-electron chi connectivity index (χ1n) is 4.68. The number of non-ortho nitro benzene ring substituents is 1. The number of nitro benzene ring substituents is 1. The van der Waals surface area contributed by atoms with Crippen LogP contribution in [0.5, 0.6) is 0 Å². The van der Waals surface area contributed by atoms with E-state index in [-0.39, 0.29) is 10.9 Å². The Kier molecular flexibility index (Phi) is 2.57. The number of nitrogens with one attached hydrogen (secondary N) is 1. The average molecular weight is 258 g/mol. The molecule has 1 aromatic heterocycles. The summed E-state index contributed by atoms with van der Waals surface area (Å²) in [6.07, 6.45) is -4.24. The predicted octanol–water partition coefficient (Wildman–Crippen LogP) is 2.82. The zero-order chi connectivity index (χ0) is 13.5. The molecule has 0 aliphatic rings. The molecule has 0 saturated heterocycles. The van der Waals surface area contributed by atoms with Gasteiger partial charge in [-0.25, -0.2) is 0 Å². The molecule has 0 atom stereocenters. The van der Waals surface area contributed by atoms with Crippen molar-refractivity contribution in [3.8, 4) is 0 Å². The Balaban J connectivity index is 2.74. The second kappa shape index (κ2) is 3.83. The smallest absolute Gasteiger partial charge is 0.360 e. The summed E-state index contributed by atoms with van der Waals surface area (Å²) in [5.74, 6) is -2.11. The van der Waals surface area contributed by atoms with Gasteiger partial charge in [-0.05, 0) is 6.07 Å². The molecule has 18 heavy (non-hydrogen) atoms. The van der Waals surface area contributed by atoms with Crippen molar-refractivity contribution in [1.29, 1.82) is 0 Å². The van der Waals surface area contributed by atoms with Crippen LogP contribution in [0.15, 0.2) is 24.4 Å². The van der Waals surface area contributed by atoms with Crippen molar-refractivity contribution in [3.63, 3.8) is 0 Å². The number of ketones is 1. The molecule has 0 saturated carbocycles. The fourth-order valence-electron chi connectivity index (χ4n) is 1.65. The van der Waals surface area contributed by atoms with Crippen LogP contribution in [0.3, 0.4) is 0 Å². The molecule has 0 spiro atoms. The minimum atomic E-state index is -5.07. The molecule has 8 heteroatoms. The maximum absolute atomic E-state index is 12.3. The maximum Gasteiger partial charge on any atom is 0.454 e. The number of carbonyl (C=O) groups excluding carboxylic acids is 1. The number of hydrogen-bond acceptors (Lipinski definition) is 3. The molecule has 2 aromatic rings. The zero-order valence-corrected chi connectivity index (χ0v) is 8.62. The first-order valence-corrected chi connectivity index (χ1v) is 4.68. The number of Topliss-reactive ketones (excluding diaryl/α,β-unsaturated/α-hetero) is 1. The van der Waals surface area contributed by atoms with Crippen molar-refractivity contribution in [1.82, 2.24) is 4.98 Å². The molecule has 0 unspecified atom stereocenters. The van der Waals surface area contributed by atoms with Gasteiger partial charge in [0.05, 0.1) is 21.4 Å². The van der Waals surface area contributed by atoms with Crippen LogP contribution >= 0.6 is 0 Å². The van der Waals surface area contributed by atoms with Gasteiger partial charge in [0.2, 0.25) is 0 Å². The van der Waals surface area contributed by atoms with E-state index in [0.29, 0.717) is 0 Å². The highest BCUT2D eigenvalue weighted by Crippen LogP contribution is 2.32. The molecule has 0 fully saturated rings. The molecule has 0 aliphatic carbocycles. The third kappa shape index (κ3) is 1.81. The quantitative estimate of drug-likeness (QED) is 0.511. The van der Waals surface area contributed by atoms with E-state index in [0.717, 1.165) is 12.3 Å². The first-order chi connectivity index (χ1) is 8.32. The van der Waals surface area contributed by atoms with Crippen LogP contribution in [-0.2, 0) is 0 Å². The topological polar surface area (TPSA) is 76.0 Å². The Labute approximate surface area is 97.4 Å². The van der Waals surface area contributed by atoms with Gasteiger partial charge in [-0.2, -0.15) is 13.2 Å². The van der Waals surface area contributed by atoms with Gasteiger partial charge < -0.3 is 4.98 Å². The van der Waals surface area contributed by atoms with Gasteiger partial charge in [0.1, 0.15) is 0 Å². The molecule has 94 valence electrons. The molecule has 1 heterocycles. The summed E-state index contributed by atoms with van der Waals surface area (Å²) in [7, 11) is 0. The molecule has 1 aromatic carbocycles. The Morgan fingerprint density at radius 3 is 2.56 bits per heavy atom. The number of aromatic amines is 1. The molecule has 5 nitrogen and oxygen atoms in total. The monoisotopic (exact) mass is 258 g/mol. The summed E-state index contributed by atoms with van der Waals surface area (Å²) in [5.41, 5.74) is -1.18. The van der Waals surface area contributed by atoms with E-state index in [9.17, 15) is 28.1 Å². The van der Waals surface area contributed by atoms with E-state index in [1.807, 2.05) is 0 Å². The Bertz CT molecular complexity index is 645. The van der Waals surface area contributed by atoms with E-state index < -0.39 is 28.1 Å². The van der Waals surface area contributed by atoms with E-state index in [1.54, 1.807) is 0 Å². The van der Waals surface area contributed by atoms with Crippen LogP contribution in [-0.4, -0.2) is 21.9 Å². The van der Waals surface area contributed by atoms with Crippen LogP contribution in [0.1, 0.15) is 10.4 Å². The van der Waals surface area contributed by atoms with Gasteiger partial charge in [0.25, 0.3) is 11.5 Å². The van der Waals surface area contributed by atoms with Crippen molar-refractivity contribution in [2.24, 2.45) is 0 Å². The molecule has 2 rings (SSSR count). The van der Waals surface area contributed by atoms with Crippen LogP contribution in [0.2, 0.25) is 0 Å². The average Bonchev–Trinajstić information content (AvgIpc) is 2.69.